The topological polar surface area (TPSA) is 30.8 Å². The van der Waals surface area contributed by atoms with E-state index in [4.69, 9.17) is 14.2 Å². The van der Waals surface area contributed by atoms with Gasteiger partial charge in [-0.3, -0.25) is 0 Å². The molecule has 1 aliphatic heterocycles. The van der Waals surface area contributed by atoms with Crippen LogP contribution in [0.15, 0.2) is 4.99 Å². The van der Waals surface area contributed by atoms with Gasteiger partial charge in [-0.25, -0.2) is 4.99 Å². The van der Waals surface area contributed by atoms with E-state index in [1.165, 1.54) is 11.5 Å². The van der Waals surface area contributed by atoms with Crippen LogP contribution < -0.4 is 0 Å². The van der Waals surface area contributed by atoms with E-state index in [0.29, 0.717) is 13.2 Å². The predicted octanol–water partition coefficient (Wildman–Crippen LogP) is 5.48. The first-order valence-electron chi connectivity index (χ1n) is 10.2. The predicted molar refractivity (Wildman–Crippen MR) is 125 cm³/mol. The van der Waals surface area contributed by atoms with Crippen LogP contribution in [-0.2, 0) is 26.2 Å². The standard InChI is InChI=1S/C18H32NO2Si2.C5H5.Fe/c1-18(2,3)23(7,8)21-13-14-12-20-17(19-14)15-10-9-11-16(15)22(4,5)6;1-2-4-5-3-1;/h9-11,14H,12-13H2,1-8H3;1-5H;/q;;+2/t14-;;/m1../s1. The molecule has 1 heterocycles. The van der Waals surface area contributed by atoms with Gasteiger partial charge in [0, 0.05) is 0 Å². The van der Waals surface area contributed by atoms with Crippen LogP contribution in [0.3, 0.4) is 0 Å². The zero-order chi connectivity index (χ0) is 21.0. The number of aliphatic imine (C=N–C) groups is 1. The third-order valence-electron chi connectivity index (χ3n) is 5.56. The molecule has 0 aromatic heterocycles. The van der Waals surface area contributed by atoms with Gasteiger partial charge in [0.25, 0.3) is 0 Å². The molecule has 1 atom stereocenters. The minimum absolute atomic E-state index is 0. The number of nitrogens with zero attached hydrogens (tertiary/aromatic N) is 1. The van der Waals surface area contributed by atoms with Gasteiger partial charge in [-0.1, -0.05) is 40.4 Å². The fourth-order valence-corrected chi connectivity index (χ4v) is 5.39. The van der Waals surface area contributed by atoms with Gasteiger partial charge >= 0.3 is 17.1 Å². The van der Waals surface area contributed by atoms with E-state index in [0.717, 1.165) is 5.90 Å². The molecule has 6 heteroatoms. The van der Waals surface area contributed by atoms with Gasteiger partial charge in [0.2, 0.25) is 0 Å². The maximum atomic E-state index is 6.30. The van der Waals surface area contributed by atoms with Crippen molar-refractivity contribution in [3.05, 3.63) is 62.8 Å². The van der Waals surface area contributed by atoms with Crippen LogP contribution >= 0.6 is 0 Å². The Kier molecular flexibility index (Phi) is 10.7. The van der Waals surface area contributed by atoms with Gasteiger partial charge in [-0.05, 0) is 75.0 Å². The molecule has 2 fully saturated rings. The van der Waals surface area contributed by atoms with Crippen molar-refractivity contribution in [2.45, 2.75) is 64.6 Å². The zero-order valence-electron chi connectivity index (χ0n) is 19.2. The second-order valence-electron chi connectivity index (χ2n) is 10.0. The first kappa shape index (κ1) is 27.4. The molecule has 160 valence electrons. The van der Waals surface area contributed by atoms with Crippen molar-refractivity contribution in [3.63, 3.8) is 0 Å². The van der Waals surface area contributed by atoms with E-state index in [-0.39, 0.29) is 28.1 Å². The molecule has 0 aromatic carbocycles. The van der Waals surface area contributed by atoms with Crippen LogP contribution in [0.5, 0.6) is 0 Å². The normalized spacial score (nSPS) is 23.9. The summed E-state index contributed by atoms with van der Waals surface area (Å²) in [5.41, 5.74) is 1.43. The number of hydrogen-bond acceptors (Lipinski definition) is 3. The summed E-state index contributed by atoms with van der Waals surface area (Å²) in [5.74, 6) is 2.01. The summed E-state index contributed by atoms with van der Waals surface area (Å²) >= 11 is 0. The van der Waals surface area contributed by atoms with Gasteiger partial charge in [-0.2, -0.15) is 0 Å². The van der Waals surface area contributed by atoms with Crippen molar-refractivity contribution in [2.24, 2.45) is 4.99 Å². The van der Waals surface area contributed by atoms with Gasteiger partial charge in [0.15, 0.2) is 14.2 Å². The van der Waals surface area contributed by atoms with Gasteiger partial charge in [-0.15, -0.1) is 0 Å². The molecule has 3 aliphatic rings. The van der Waals surface area contributed by atoms with Gasteiger partial charge < -0.3 is 9.16 Å². The molecule has 0 bridgehead atoms. The molecule has 29 heavy (non-hydrogen) atoms. The van der Waals surface area contributed by atoms with Crippen molar-refractivity contribution in [3.8, 4) is 0 Å². The second kappa shape index (κ2) is 11.3. The van der Waals surface area contributed by atoms with Crippen LogP contribution in [0.4, 0.5) is 0 Å². The summed E-state index contributed by atoms with van der Waals surface area (Å²) in [7, 11) is -3.09. The SMILES string of the molecule is CC(C)(C)[Si](C)(C)OC[C@H]1COC([C]2[CH][CH][CH][C]2[Si](C)(C)C)=N1.[CH]1[CH][CH][CH][CH]1.[Fe+2]. The smallest absolute Gasteiger partial charge is 0.478 e. The summed E-state index contributed by atoms with van der Waals surface area (Å²) in [6.07, 6.45) is 16.5. The minimum Gasteiger partial charge on any atom is -0.478 e. The molecule has 3 rings (SSSR count). The Labute approximate surface area is 193 Å². The molecule has 2 aliphatic carbocycles. The quantitative estimate of drug-likeness (QED) is 0.498. The number of hydrogen-bond donors (Lipinski definition) is 0. The van der Waals surface area contributed by atoms with Gasteiger partial charge in [0.05, 0.1) is 20.6 Å². The fraction of sp³-hybridized carbons (Fsp3) is 0.522. The summed E-state index contributed by atoms with van der Waals surface area (Å²) < 4.78 is 12.2. The largest absolute Gasteiger partial charge is 2.00 e. The Bertz CT molecular complexity index is 514. The zero-order valence-corrected chi connectivity index (χ0v) is 22.3. The van der Waals surface area contributed by atoms with Crippen LogP contribution in [-0.4, -0.2) is 41.5 Å². The van der Waals surface area contributed by atoms with E-state index < -0.39 is 16.4 Å². The van der Waals surface area contributed by atoms with Crippen molar-refractivity contribution in [1.82, 2.24) is 0 Å². The van der Waals surface area contributed by atoms with Crippen LogP contribution in [0.2, 0.25) is 37.8 Å². The molecule has 2 saturated carbocycles. The Morgan fingerprint density at radius 2 is 1.52 bits per heavy atom. The van der Waals surface area contributed by atoms with E-state index in [2.05, 4.69) is 72.8 Å². The third-order valence-corrected chi connectivity index (χ3v) is 12.1. The maximum absolute atomic E-state index is 6.30. The van der Waals surface area contributed by atoms with Crippen LogP contribution in [0.1, 0.15) is 20.8 Å². The molecule has 10 radical (unpaired) electrons. The van der Waals surface area contributed by atoms with E-state index in [1.54, 1.807) is 0 Å². The second-order valence-corrected chi connectivity index (χ2v) is 19.9. The van der Waals surface area contributed by atoms with Crippen molar-refractivity contribution < 1.29 is 26.2 Å². The van der Waals surface area contributed by atoms with Crippen molar-refractivity contribution >= 4 is 22.3 Å². The van der Waals surface area contributed by atoms with Crippen LogP contribution in [0, 0.1) is 62.8 Å². The Morgan fingerprint density at radius 3 is 2.00 bits per heavy atom. The number of rotatable bonds is 5. The van der Waals surface area contributed by atoms with Crippen molar-refractivity contribution in [2.75, 3.05) is 13.2 Å². The van der Waals surface area contributed by atoms with E-state index >= 15 is 0 Å². The average Bonchev–Trinajstić information content (AvgIpc) is 3.33. The molecule has 0 saturated heterocycles. The fourth-order valence-electron chi connectivity index (χ4n) is 2.75. The average molecular weight is 472 g/mol. The summed E-state index contributed by atoms with van der Waals surface area (Å²) in [6.45, 7) is 19.8. The molecule has 0 unspecified atom stereocenters. The Hall–Kier alpha value is 0.383. The minimum atomic E-state index is -1.72. The van der Waals surface area contributed by atoms with E-state index in [1.807, 2.05) is 32.1 Å². The first-order chi connectivity index (χ1) is 12.9. The molecular weight excluding hydrogens is 434 g/mol. The molecular formula is C23H37FeNO2Si2+2. The molecule has 3 nitrogen and oxygen atoms in total. The monoisotopic (exact) mass is 471 g/mol. The third kappa shape index (κ3) is 8.10. The first-order valence-corrected chi connectivity index (χ1v) is 16.6. The molecule has 0 N–H and O–H groups in total. The van der Waals surface area contributed by atoms with E-state index in [9.17, 15) is 0 Å². The van der Waals surface area contributed by atoms with Crippen molar-refractivity contribution in [1.29, 1.82) is 0 Å². The molecule has 0 amide bonds. The van der Waals surface area contributed by atoms with Gasteiger partial charge in [0.1, 0.15) is 12.6 Å². The Morgan fingerprint density at radius 1 is 0.966 bits per heavy atom. The molecule has 0 aromatic rings. The summed E-state index contributed by atoms with van der Waals surface area (Å²) in [6, 6.07) is 0.128. The summed E-state index contributed by atoms with van der Waals surface area (Å²) in [4.78, 5) is 4.80. The molecule has 0 spiro atoms. The summed E-state index contributed by atoms with van der Waals surface area (Å²) in [5, 5.41) is 0.232. The maximum Gasteiger partial charge on any atom is 2.00 e. The number of ether oxygens (including phenoxy) is 1. The Balaban J connectivity index is 0.000000610. The van der Waals surface area contributed by atoms with Crippen LogP contribution in [0.25, 0.3) is 0 Å².